The number of aryl methyl sites for hydroxylation is 1. The third kappa shape index (κ3) is 6.26. The number of ether oxygens (including phenoxy) is 1. The second kappa shape index (κ2) is 10.7. The Kier molecular flexibility index (Phi) is 7.75. The average Bonchev–Trinajstić information content (AvgIpc) is 2.80. The second-order valence-corrected chi connectivity index (χ2v) is 9.18. The summed E-state index contributed by atoms with van der Waals surface area (Å²) in [6.45, 7) is 1.65. The van der Waals surface area contributed by atoms with E-state index in [1.54, 1.807) is 43.3 Å². The highest BCUT2D eigenvalue weighted by molar-refractivity contribution is 7.92. The van der Waals surface area contributed by atoms with Gasteiger partial charge in [-0.1, -0.05) is 48.5 Å². The summed E-state index contributed by atoms with van der Waals surface area (Å²) in [6.07, 6.45) is 0.210. The van der Waals surface area contributed by atoms with Gasteiger partial charge in [0.05, 0.1) is 17.7 Å². The zero-order chi connectivity index (χ0) is 24.7. The summed E-state index contributed by atoms with van der Waals surface area (Å²) in [6, 6.07) is 18.5. The van der Waals surface area contributed by atoms with Crippen LogP contribution in [0.2, 0.25) is 0 Å². The van der Waals surface area contributed by atoms with E-state index in [2.05, 4.69) is 15.4 Å². The Balaban J connectivity index is 1.84. The van der Waals surface area contributed by atoms with Crippen LogP contribution in [0.4, 0.5) is 16.2 Å². The topological polar surface area (TPSA) is 140 Å². The summed E-state index contributed by atoms with van der Waals surface area (Å²) in [4.78, 5) is 24.3. The van der Waals surface area contributed by atoms with Crippen molar-refractivity contribution in [2.45, 2.75) is 24.3 Å². The van der Waals surface area contributed by atoms with E-state index < -0.39 is 28.0 Å². The molecule has 10 heteroatoms. The summed E-state index contributed by atoms with van der Waals surface area (Å²) < 4.78 is 33.9. The van der Waals surface area contributed by atoms with Gasteiger partial charge in [0.2, 0.25) is 5.91 Å². The number of benzene rings is 3. The van der Waals surface area contributed by atoms with Gasteiger partial charge in [-0.05, 0) is 42.3 Å². The standard InChI is InChI=1S/C24H26N4O5S/c1-16-12-13-18(15-22(16)34(31,32)28-19-10-6-7-11-21(19)33-2)26-23(29)20(27-24(25)30)14-17-8-4-3-5-9-17/h3-13,15,20,28H,14H2,1-2H3,(H,26,29)(H3,25,27,30). The SMILES string of the molecule is COc1ccccc1NS(=O)(=O)c1cc(NC(=O)C(Cc2ccccc2)NC(N)=O)ccc1C. The van der Waals surface area contributed by atoms with Crippen molar-refractivity contribution < 1.29 is 22.7 Å². The molecule has 3 amide bonds. The zero-order valence-electron chi connectivity index (χ0n) is 18.7. The molecule has 1 unspecified atom stereocenters. The number of carbonyl (C=O) groups excluding carboxylic acids is 2. The molecule has 0 aromatic heterocycles. The number of anilines is 2. The number of urea groups is 1. The minimum Gasteiger partial charge on any atom is -0.495 e. The minimum absolute atomic E-state index is 0.0151. The molecule has 0 saturated heterocycles. The first kappa shape index (κ1) is 24.6. The smallest absolute Gasteiger partial charge is 0.312 e. The summed E-state index contributed by atoms with van der Waals surface area (Å²) >= 11 is 0. The van der Waals surface area contributed by atoms with Gasteiger partial charge in [0.1, 0.15) is 11.8 Å². The van der Waals surface area contributed by atoms with Gasteiger partial charge in [-0.15, -0.1) is 0 Å². The third-order valence-corrected chi connectivity index (χ3v) is 6.52. The molecule has 178 valence electrons. The van der Waals surface area contributed by atoms with Crippen LogP contribution in [0, 0.1) is 6.92 Å². The lowest BCUT2D eigenvalue weighted by atomic mass is 10.1. The molecule has 0 saturated carbocycles. The van der Waals surface area contributed by atoms with Crippen molar-refractivity contribution in [3.05, 3.63) is 83.9 Å². The Morgan fingerprint density at radius 2 is 1.68 bits per heavy atom. The van der Waals surface area contributed by atoms with Crippen LogP contribution in [0.25, 0.3) is 0 Å². The van der Waals surface area contributed by atoms with Gasteiger partial charge >= 0.3 is 6.03 Å². The highest BCUT2D eigenvalue weighted by Crippen LogP contribution is 2.28. The number of sulfonamides is 1. The van der Waals surface area contributed by atoms with E-state index in [0.717, 1.165) is 5.56 Å². The Labute approximate surface area is 198 Å². The Morgan fingerprint density at radius 3 is 2.35 bits per heavy atom. The number of nitrogens with one attached hydrogen (secondary N) is 3. The molecule has 0 radical (unpaired) electrons. The number of para-hydroxylation sites is 2. The van der Waals surface area contributed by atoms with Crippen LogP contribution >= 0.6 is 0 Å². The van der Waals surface area contributed by atoms with Crippen molar-refractivity contribution >= 4 is 33.3 Å². The van der Waals surface area contributed by atoms with E-state index in [0.29, 0.717) is 11.3 Å². The van der Waals surface area contributed by atoms with Crippen LogP contribution < -0.4 is 25.8 Å². The highest BCUT2D eigenvalue weighted by atomic mass is 32.2. The largest absolute Gasteiger partial charge is 0.495 e. The van der Waals surface area contributed by atoms with Crippen LogP contribution in [0.3, 0.4) is 0 Å². The van der Waals surface area contributed by atoms with Crippen LogP contribution in [0.1, 0.15) is 11.1 Å². The Hall–Kier alpha value is -4.05. The first-order valence-electron chi connectivity index (χ1n) is 10.4. The maximum atomic E-state index is 13.1. The van der Waals surface area contributed by atoms with Gasteiger partial charge in [0.15, 0.2) is 0 Å². The fourth-order valence-electron chi connectivity index (χ4n) is 3.36. The van der Waals surface area contributed by atoms with Gasteiger partial charge in [0, 0.05) is 12.1 Å². The van der Waals surface area contributed by atoms with Crippen LogP contribution in [-0.2, 0) is 21.2 Å². The van der Waals surface area contributed by atoms with E-state index in [1.165, 1.54) is 13.2 Å². The van der Waals surface area contributed by atoms with Gasteiger partial charge in [0.25, 0.3) is 10.0 Å². The number of primary amides is 1. The van der Waals surface area contributed by atoms with Crippen LogP contribution in [0.5, 0.6) is 5.75 Å². The minimum atomic E-state index is -3.99. The molecule has 3 aromatic rings. The molecule has 0 aliphatic heterocycles. The molecule has 3 aromatic carbocycles. The molecule has 0 spiro atoms. The second-order valence-electron chi connectivity index (χ2n) is 7.53. The van der Waals surface area contributed by atoms with Gasteiger partial charge in [-0.2, -0.15) is 0 Å². The summed E-state index contributed by atoms with van der Waals surface area (Å²) in [5, 5.41) is 5.10. The summed E-state index contributed by atoms with van der Waals surface area (Å²) in [7, 11) is -2.55. The predicted molar refractivity (Wildman–Crippen MR) is 130 cm³/mol. The van der Waals surface area contributed by atoms with Crippen LogP contribution in [0.15, 0.2) is 77.7 Å². The number of hydrogen-bond donors (Lipinski definition) is 4. The molecule has 5 N–H and O–H groups in total. The molecule has 34 heavy (non-hydrogen) atoms. The van der Waals surface area contributed by atoms with Gasteiger partial charge < -0.3 is 21.1 Å². The molecule has 1 atom stereocenters. The molecular weight excluding hydrogens is 456 g/mol. The molecule has 0 bridgehead atoms. The Morgan fingerprint density at radius 1 is 1.00 bits per heavy atom. The normalized spacial score (nSPS) is 11.8. The lowest BCUT2D eigenvalue weighted by molar-refractivity contribution is -0.117. The highest BCUT2D eigenvalue weighted by Gasteiger charge is 2.23. The summed E-state index contributed by atoms with van der Waals surface area (Å²) in [5.41, 5.74) is 7.09. The van der Waals surface area contributed by atoms with Crippen molar-refractivity contribution in [2.24, 2.45) is 5.73 Å². The molecule has 0 heterocycles. The van der Waals surface area contributed by atoms with Crippen molar-refractivity contribution in [3.8, 4) is 5.75 Å². The van der Waals surface area contributed by atoms with E-state index in [1.807, 2.05) is 30.3 Å². The third-order valence-electron chi connectivity index (χ3n) is 5.01. The maximum Gasteiger partial charge on any atom is 0.312 e. The van der Waals surface area contributed by atoms with Crippen molar-refractivity contribution in [1.29, 1.82) is 0 Å². The van der Waals surface area contributed by atoms with Gasteiger partial charge in [-0.3, -0.25) is 9.52 Å². The Bertz CT molecular complexity index is 1280. The summed E-state index contributed by atoms with van der Waals surface area (Å²) in [5.74, 6) is -0.165. The maximum absolute atomic E-state index is 13.1. The lowest BCUT2D eigenvalue weighted by Crippen LogP contribution is -2.47. The molecule has 3 rings (SSSR count). The monoisotopic (exact) mass is 482 g/mol. The number of hydrogen-bond acceptors (Lipinski definition) is 5. The quantitative estimate of drug-likeness (QED) is 0.371. The first-order chi connectivity index (χ1) is 16.2. The number of carbonyl (C=O) groups is 2. The number of rotatable bonds is 9. The van der Waals surface area contributed by atoms with Crippen LogP contribution in [-0.4, -0.2) is 33.5 Å². The van der Waals surface area contributed by atoms with Crippen molar-refractivity contribution in [2.75, 3.05) is 17.1 Å². The van der Waals surface area contributed by atoms with E-state index >= 15 is 0 Å². The molecule has 0 fully saturated rings. The van der Waals surface area contributed by atoms with E-state index in [4.69, 9.17) is 10.5 Å². The number of amides is 3. The van der Waals surface area contributed by atoms with Crippen molar-refractivity contribution in [3.63, 3.8) is 0 Å². The molecule has 0 aliphatic rings. The number of nitrogens with two attached hydrogens (primary N) is 1. The molecule has 9 nitrogen and oxygen atoms in total. The van der Waals surface area contributed by atoms with Gasteiger partial charge in [-0.25, -0.2) is 13.2 Å². The number of methoxy groups -OCH3 is 1. The zero-order valence-corrected chi connectivity index (χ0v) is 19.6. The fraction of sp³-hybridized carbons (Fsp3) is 0.167. The van der Waals surface area contributed by atoms with E-state index in [9.17, 15) is 18.0 Å². The van der Waals surface area contributed by atoms with Crippen molar-refractivity contribution in [1.82, 2.24) is 5.32 Å². The first-order valence-corrected chi connectivity index (χ1v) is 11.8. The molecule has 0 aliphatic carbocycles. The average molecular weight is 483 g/mol. The molecular formula is C24H26N4O5S. The predicted octanol–water partition coefficient (Wildman–Crippen LogP) is 3.02. The van der Waals surface area contributed by atoms with E-state index in [-0.39, 0.29) is 22.7 Å². The lowest BCUT2D eigenvalue weighted by Gasteiger charge is -2.18. The fourth-order valence-corrected chi connectivity index (χ4v) is 4.70.